The molecule has 1 N–H and O–H groups in total. The van der Waals surface area contributed by atoms with E-state index in [1.165, 1.54) is 6.08 Å². The highest BCUT2D eigenvalue weighted by atomic mass is 16.2. The largest absolute Gasteiger partial charge is 0.341 e. The third-order valence-corrected chi connectivity index (χ3v) is 2.85. The van der Waals surface area contributed by atoms with Gasteiger partial charge in [-0.15, -0.1) is 0 Å². The predicted molar refractivity (Wildman–Crippen MR) is 62.8 cm³/mol. The van der Waals surface area contributed by atoms with Gasteiger partial charge in [-0.05, 0) is 39.2 Å². The Labute approximate surface area is 96.7 Å². The van der Waals surface area contributed by atoms with E-state index in [2.05, 4.69) is 11.9 Å². The number of amides is 2. The fourth-order valence-corrected chi connectivity index (χ4v) is 1.94. The highest BCUT2D eigenvalue weighted by Crippen LogP contribution is 2.14. The zero-order valence-electron chi connectivity index (χ0n) is 10.0. The first kappa shape index (κ1) is 12.7. The van der Waals surface area contributed by atoms with Crippen molar-refractivity contribution in [2.75, 3.05) is 6.54 Å². The van der Waals surface area contributed by atoms with Crippen LogP contribution in [0.2, 0.25) is 0 Å². The lowest BCUT2D eigenvalue weighted by Gasteiger charge is -2.28. The summed E-state index contributed by atoms with van der Waals surface area (Å²) in [4.78, 5) is 25.2. The SMILES string of the molecule is C=CC(=O)NC1CCCCN(C(C)C)C1=O. The molecule has 16 heavy (non-hydrogen) atoms. The highest BCUT2D eigenvalue weighted by Gasteiger charge is 2.28. The number of nitrogens with one attached hydrogen (secondary N) is 1. The summed E-state index contributed by atoms with van der Waals surface area (Å²) < 4.78 is 0. The van der Waals surface area contributed by atoms with Crippen LogP contribution in [0.25, 0.3) is 0 Å². The normalized spacial score (nSPS) is 21.8. The van der Waals surface area contributed by atoms with Crippen LogP contribution < -0.4 is 5.32 Å². The Morgan fingerprint density at radius 2 is 2.25 bits per heavy atom. The van der Waals surface area contributed by atoms with Crippen molar-refractivity contribution < 1.29 is 9.59 Å². The van der Waals surface area contributed by atoms with E-state index in [9.17, 15) is 9.59 Å². The molecule has 0 saturated carbocycles. The third kappa shape index (κ3) is 3.08. The molecule has 0 aromatic rings. The molecule has 1 aliphatic heterocycles. The number of likely N-dealkylation sites (tertiary alicyclic amines) is 1. The van der Waals surface area contributed by atoms with Crippen molar-refractivity contribution >= 4 is 11.8 Å². The fraction of sp³-hybridized carbons (Fsp3) is 0.667. The Bertz CT molecular complexity index is 287. The molecule has 1 rings (SSSR count). The van der Waals surface area contributed by atoms with Crippen molar-refractivity contribution in [1.82, 2.24) is 10.2 Å². The van der Waals surface area contributed by atoms with E-state index in [1.807, 2.05) is 18.7 Å². The van der Waals surface area contributed by atoms with Gasteiger partial charge in [0.1, 0.15) is 6.04 Å². The summed E-state index contributed by atoms with van der Waals surface area (Å²) in [5.41, 5.74) is 0. The lowest BCUT2D eigenvalue weighted by atomic mass is 10.1. The second-order valence-corrected chi connectivity index (χ2v) is 4.39. The van der Waals surface area contributed by atoms with E-state index in [0.717, 1.165) is 25.8 Å². The predicted octanol–water partition coefficient (Wildman–Crippen LogP) is 1.08. The second-order valence-electron chi connectivity index (χ2n) is 4.39. The summed E-state index contributed by atoms with van der Waals surface area (Å²) in [5.74, 6) is -0.244. The molecular formula is C12H20N2O2. The van der Waals surface area contributed by atoms with Gasteiger partial charge in [0.15, 0.2) is 0 Å². The average Bonchev–Trinajstić information content (AvgIpc) is 2.42. The van der Waals surface area contributed by atoms with Crippen molar-refractivity contribution in [2.45, 2.75) is 45.2 Å². The molecule has 0 aliphatic carbocycles. The zero-order chi connectivity index (χ0) is 12.1. The summed E-state index contributed by atoms with van der Waals surface area (Å²) >= 11 is 0. The van der Waals surface area contributed by atoms with Crippen LogP contribution in [-0.4, -0.2) is 35.3 Å². The molecule has 0 radical (unpaired) electrons. The first-order valence-corrected chi connectivity index (χ1v) is 5.79. The Kier molecular flexibility index (Phi) is 4.52. The van der Waals surface area contributed by atoms with Gasteiger partial charge in [-0.1, -0.05) is 6.58 Å². The second kappa shape index (κ2) is 5.68. The van der Waals surface area contributed by atoms with Crippen molar-refractivity contribution in [1.29, 1.82) is 0 Å². The number of carbonyl (C=O) groups excluding carboxylic acids is 2. The minimum Gasteiger partial charge on any atom is -0.341 e. The number of rotatable bonds is 3. The van der Waals surface area contributed by atoms with Crippen LogP contribution in [0.3, 0.4) is 0 Å². The van der Waals surface area contributed by atoms with Gasteiger partial charge in [0.2, 0.25) is 11.8 Å². The van der Waals surface area contributed by atoms with Crippen molar-refractivity contribution in [3.63, 3.8) is 0 Å². The van der Waals surface area contributed by atoms with Crippen LogP contribution in [0.15, 0.2) is 12.7 Å². The van der Waals surface area contributed by atoms with E-state index in [0.29, 0.717) is 0 Å². The summed E-state index contributed by atoms with van der Waals surface area (Å²) in [6.45, 7) is 8.17. The van der Waals surface area contributed by atoms with Crippen molar-refractivity contribution in [3.8, 4) is 0 Å². The van der Waals surface area contributed by atoms with Crippen LogP contribution >= 0.6 is 0 Å². The van der Waals surface area contributed by atoms with Crippen LogP contribution in [0.4, 0.5) is 0 Å². The van der Waals surface area contributed by atoms with Gasteiger partial charge in [-0.3, -0.25) is 9.59 Å². The van der Waals surface area contributed by atoms with Gasteiger partial charge in [-0.2, -0.15) is 0 Å². The summed E-state index contributed by atoms with van der Waals surface area (Å²) in [5, 5.41) is 2.69. The summed E-state index contributed by atoms with van der Waals surface area (Å²) in [7, 11) is 0. The molecule has 0 spiro atoms. The third-order valence-electron chi connectivity index (χ3n) is 2.85. The monoisotopic (exact) mass is 224 g/mol. The first-order chi connectivity index (χ1) is 7.56. The maximum atomic E-state index is 12.1. The standard InChI is InChI=1S/C12H20N2O2/c1-4-11(15)13-10-7-5-6-8-14(9(2)3)12(10)16/h4,9-10H,1,5-8H2,2-3H3,(H,13,15). The van der Waals surface area contributed by atoms with Gasteiger partial charge in [-0.25, -0.2) is 0 Å². The molecule has 1 aliphatic rings. The van der Waals surface area contributed by atoms with Gasteiger partial charge in [0, 0.05) is 12.6 Å². The minimum absolute atomic E-state index is 0.0303. The van der Waals surface area contributed by atoms with Crippen molar-refractivity contribution in [3.05, 3.63) is 12.7 Å². The van der Waals surface area contributed by atoms with E-state index < -0.39 is 0 Å². The molecular weight excluding hydrogens is 204 g/mol. The Balaban J connectivity index is 2.71. The van der Waals surface area contributed by atoms with Crippen molar-refractivity contribution in [2.24, 2.45) is 0 Å². The number of carbonyl (C=O) groups is 2. The van der Waals surface area contributed by atoms with E-state index in [4.69, 9.17) is 0 Å². The zero-order valence-corrected chi connectivity index (χ0v) is 10.0. The Morgan fingerprint density at radius 3 is 2.81 bits per heavy atom. The molecule has 0 aromatic heterocycles. The molecule has 4 nitrogen and oxygen atoms in total. The Morgan fingerprint density at radius 1 is 1.56 bits per heavy atom. The highest BCUT2D eigenvalue weighted by molar-refractivity contribution is 5.92. The topological polar surface area (TPSA) is 49.4 Å². The molecule has 1 saturated heterocycles. The van der Waals surface area contributed by atoms with Gasteiger partial charge in [0.05, 0.1) is 0 Å². The molecule has 1 unspecified atom stereocenters. The van der Waals surface area contributed by atoms with E-state index in [1.54, 1.807) is 0 Å². The summed E-state index contributed by atoms with van der Waals surface area (Å²) in [6, 6.07) is -0.191. The Hall–Kier alpha value is -1.32. The minimum atomic E-state index is -0.379. The van der Waals surface area contributed by atoms with Gasteiger partial charge >= 0.3 is 0 Å². The van der Waals surface area contributed by atoms with E-state index in [-0.39, 0.29) is 23.9 Å². The molecule has 1 atom stereocenters. The molecule has 1 heterocycles. The molecule has 1 fully saturated rings. The number of hydrogen-bond acceptors (Lipinski definition) is 2. The fourth-order valence-electron chi connectivity index (χ4n) is 1.94. The lowest BCUT2D eigenvalue weighted by molar-refractivity contribution is -0.136. The molecule has 4 heteroatoms. The van der Waals surface area contributed by atoms with Crippen LogP contribution in [0.5, 0.6) is 0 Å². The molecule has 0 bridgehead atoms. The molecule has 2 amide bonds. The lowest BCUT2D eigenvalue weighted by Crippen LogP contribution is -2.49. The van der Waals surface area contributed by atoms with Crippen LogP contribution in [-0.2, 0) is 9.59 Å². The number of hydrogen-bond donors (Lipinski definition) is 1. The van der Waals surface area contributed by atoms with Gasteiger partial charge in [0.25, 0.3) is 0 Å². The molecule has 90 valence electrons. The maximum Gasteiger partial charge on any atom is 0.245 e. The maximum absolute atomic E-state index is 12.1. The number of nitrogens with zero attached hydrogens (tertiary/aromatic N) is 1. The average molecular weight is 224 g/mol. The van der Waals surface area contributed by atoms with Crippen LogP contribution in [0.1, 0.15) is 33.1 Å². The van der Waals surface area contributed by atoms with Crippen LogP contribution in [0, 0.1) is 0 Å². The summed E-state index contributed by atoms with van der Waals surface area (Å²) in [6.07, 6.45) is 3.90. The quantitative estimate of drug-likeness (QED) is 0.729. The first-order valence-electron chi connectivity index (χ1n) is 5.79. The smallest absolute Gasteiger partial charge is 0.245 e. The molecule has 0 aromatic carbocycles. The van der Waals surface area contributed by atoms with Gasteiger partial charge < -0.3 is 10.2 Å². The van der Waals surface area contributed by atoms with E-state index >= 15 is 0 Å².